The first-order chi connectivity index (χ1) is 10.0. The minimum absolute atomic E-state index is 0.0685. The summed E-state index contributed by atoms with van der Waals surface area (Å²) in [4.78, 5) is 17.5. The third-order valence-corrected chi connectivity index (χ3v) is 3.04. The molecule has 0 fully saturated rings. The zero-order valence-corrected chi connectivity index (χ0v) is 12.5. The van der Waals surface area contributed by atoms with Crippen LogP contribution in [-0.4, -0.2) is 44.1 Å². The third-order valence-electron chi connectivity index (χ3n) is 3.04. The molecule has 6 heteroatoms. The average Bonchev–Trinajstić information content (AvgIpc) is 2.94. The van der Waals surface area contributed by atoms with E-state index in [1.165, 1.54) is 11.2 Å². The van der Waals surface area contributed by atoms with Crippen LogP contribution in [-0.2, 0) is 11.2 Å². The predicted octanol–water partition coefficient (Wildman–Crippen LogP) is 1.99. The second kappa shape index (κ2) is 6.30. The maximum atomic E-state index is 11.7. The van der Waals surface area contributed by atoms with Crippen molar-refractivity contribution >= 4 is 5.91 Å². The largest absolute Gasteiger partial charge is 0.497 e. The van der Waals surface area contributed by atoms with Crippen LogP contribution in [0, 0.1) is 0 Å². The Morgan fingerprint density at radius 2 is 2.05 bits per heavy atom. The normalized spacial score (nSPS) is 10.3. The molecule has 0 aliphatic carbocycles. The van der Waals surface area contributed by atoms with E-state index in [2.05, 4.69) is 4.98 Å². The van der Waals surface area contributed by atoms with Gasteiger partial charge in [0.25, 0.3) is 0 Å². The van der Waals surface area contributed by atoms with Crippen LogP contribution >= 0.6 is 0 Å². The van der Waals surface area contributed by atoms with E-state index in [1.54, 1.807) is 40.4 Å². The van der Waals surface area contributed by atoms with Gasteiger partial charge in [0.2, 0.25) is 11.8 Å². The lowest BCUT2D eigenvalue weighted by molar-refractivity contribution is -0.128. The molecule has 0 aliphatic heterocycles. The van der Waals surface area contributed by atoms with Crippen LogP contribution < -0.4 is 9.47 Å². The molecule has 2 aromatic rings. The number of hydrogen-bond acceptors (Lipinski definition) is 5. The lowest BCUT2D eigenvalue weighted by Gasteiger charge is -2.08. The summed E-state index contributed by atoms with van der Waals surface area (Å²) in [7, 11) is 6.56. The molecule has 0 spiro atoms. The Bertz CT molecular complexity index is 634. The second-order valence-corrected chi connectivity index (χ2v) is 4.66. The lowest BCUT2D eigenvalue weighted by Crippen LogP contribution is -2.23. The first kappa shape index (κ1) is 14.9. The number of carbonyl (C=O) groups excluding carboxylic acids is 1. The number of hydrogen-bond donors (Lipinski definition) is 0. The first-order valence-corrected chi connectivity index (χ1v) is 6.42. The summed E-state index contributed by atoms with van der Waals surface area (Å²) < 4.78 is 15.9. The molecule has 1 aromatic heterocycles. The molecule has 0 aliphatic rings. The maximum Gasteiger partial charge on any atom is 0.231 e. The molecule has 0 N–H and O–H groups in total. The topological polar surface area (TPSA) is 64.8 Å². The monoisotopic (exact) mass is 290 g/mol. The molecule has 1 aromatic carbocycles. The second-order valence-electron chi connectivity index (χ2n) is 4.66. The van der Waals surface area contributed by atoms with Gasteiger partial charge in [-0.05, 0) is 18.2 Å². The zero-order valence-electron chi connectivity index (χ0n) is 12.5. The van der Waals surface area contributed by atoms with Crippen LogP contribution in [0.4, 0.5) is 0 Å². The van der Waals surface area contributed by atoms with E-state index in [0.717, 1.165) is 5.56 Å². The highest BCUT2D eigenvalue weighted by Crippen LogP contribution is 2.32. The molecule has 0 saturated carbocycles. The van der Waals surface area contributed by atoms with Crippen molar-refractivity contribution in [3.05, 3.63) is 30.4 Å². The quantitative estimate of drug-likeness (QED) is 0.842. The van der Waals surface area contributed by atoms with Crippen LogP contribution in [0.5, 0.6) is 11.5 Å². The van der Waals surface area contributed by atoms with Crippen LogP contribution in [0.3, 0.4) is 0 Å². The average molecular weight is 290 g/mol. The van der Waals surface area contributed by atoms with Gasteiger partial charge in [0, 0.05) is 19.7 Å². The number of benzene rings is 1. The van der Waals surface area contributed by atoms with Crippen LogP contribution in [0.15, 0.2) is 28.9 Å². The van der Waals surface area contributed by atoms with Gasteiger partial charge in [0.15, 0.2) is 0 Å². The SMILES string of the molecule is COc1ccc(OC)c(-c2coc(CC(=O)N(C)C)n2)c1. The smallest absolute Gasteiger partial charge is 0.231 e. The van der Waals surface area contributed by atoms with Gasteiger partial charge in [0.05, 0.1) is 14.2 Å². The fraction of sp³-hybridized carbons (Fsp3) is 0.333. The summed E-state index contributed by atoms with van der Waals surface area (Å²) in [6, 6.07) is 5.42. The van der Waals surface area contributed by atoms with Crippen molar-refractivity contribution in [2.75, 3.05) is 28.3 Å². The van der Waals surface area contributed by atoms with Gasteiger partial charge >= 0.3 is 0 Å². The van der Waals surface area contributed by atoms with Gasteiger partial charge in [-0.3, -0.25) is 4.79 Å². The molecule has 0 atom stereocenters. The molecule has 0 unspecified atom stereocenters. The summed E-state index contributed by atoms with van der Waals surface area (Å²) in [6.07, 6.45) is 1.63. The number of carbonyl (C=O) groups is 1. The van der Waals surface area contributed by atoms with Crippen LogP contribution in [0.25, 0.3) is 11.3 Å². The van der Waals surface area contributed by atoms with E-state index in [0.29, 0.717) is 23.1 Å². The number of rotatable bonds is 5. The molecule has 0 saturated heterocycles. The van der Waals surface area contributed by atoms with Gasteiger partial charge in [-0.25, -0.2) is 4.98 Å². The van der Waals surface area contributed by atoms with E-state index >= 15 is 0 Å². The van der Waals surface area contributed by atoms with Crippen LogP contribution in [0.2, 0.25) is 0 Å². The predicted molar refractivity (Wildman–Crippen MR) is 77.4 cm³/mol. The molecule has 112 valence electrons. The van der Waals surface area contributed by atoms with E-state index < -0.39 is 0 Å². The minimum Gasteiger partial charge on any atom is -0.497 e. The van der Waals surface area contributed by atoms with Crippen molar-refractivity contribution in [2.45, 2.75) is 6.42 Å². The lowest BCUT2D eigenvalue weighted by atomic mass is 10.1. The zero-order chi connectivity index (χ0) is 15.4. The summed E-state index contributed by atoms with van der Waals surface area (Å²) >= 11 is 0. The molecule has 2 rings (SSSR count). The number of likely N-dealkylation sites (N-methyl/N-ethyl adjacent to an activating group) is 1. The first-order valence-electron chi connectivity index (χ1n) is 6.42. The third kappa shape index (κ3) is 3.34. The Kier molecular flexibility index (Phi) is 4.47. The van der Waals surface area contributed by atoms with Crippen molar-refractivity contribution in [1.29, 1.82) is 0 Å². The van der Waals surface area contributed by atoms with Gasteiger partial charge in [-0.1, -0.05) is 0 Å². The summed E-state index contributed by atoms with van der Waals surface area (Å²) in [5.74, 6) is 1.66. The van der Waals surface area contributed by atoms with E-state index in [9.17, 15) is 4.79 Å². The van der Waals surface area contributed by atoms with Gasteiger partial charge < -0.3 is 18.8 Å². The van der Waals surface area contributed by atoms with E-state index in [-0.39, 0.29) is 12.3 Å². The number of amides is 1. The molecular weight excluding hydrogens is 272 g/mol. The van der Waals surface area contributed by atoms with Crippen molar-refractivity contribution in [3.8, 4) is 22.8 Å². The van der Waals surface area contributed by atoms with E-state index in [1.807, 2.05) is 6.07 Å². The highest BCUT2D eigenvalue weighted by atomic mass is 16.5. The fourth-order valence-corrected chi connectivity index (χ4v) is 1.82. The molecule has 1 amide bonds. The number of nitrogens with zero attached hydrogens (tertiary/aromatic N) is 2. The number of ether oxygens (including phenoxy) is 2. The van der Waals surface area contributed by atoms with Gasteiger partial charge in [-0.15, -0.1) is 0 Å². The molecule has 0 radical (unpaired) electrons. The summed E-state index contributed by atoms with van der Waals surface area (Å²) in [5.41, 5.74) is 1.36. The Hall–Kier alpha value is -2.50. The highest BCUT2D eigenvalue weighted by Gasteiger charge is 2.15. The number of oxazole rings is 1. The Morgan fingerprint density at radius 1 is 1.29 bits per heavy atom. The molecule has 6 nitrogen and oxygen atoms in total. The number of methoxy groups -OCH3 is 2. The Morgan fingerprint density at radius 3 is 2.67 bits per heavy atom. The molecule has 1 heterocycles. The molecule has 0 bridgehead atoms. The molecule has 21 heavy (non-hydrogen) atoms. The van der Waals surface area contributed by atoms with Crippen LogP contribution in [0.1, 0.15) is 5.89 Å². The van der Waals surface area contributed by atoms with E-state index in [4.69, 9.17) is 13.9 Å². The van der Waals surface area contributed by atoms with Gasteiger partial charge in [-0.2, -0.15) is 0 Å². The Balaban J connectivity index is 2.30. The number of aromatic nitrogens is 1. The minimum atomic E-state index is -0.0685. The van der Waals surface area contributed by atoms with Crippen molar-refractivity contribution in [1.82, 2.24) is 9.88 Å². The van der Waals surface area contributed by atoms with Crippen molar-refractivity contribution < 1.29 is 18.7 Å². The van der Waals surface area contributed by atoms with Crippen molar-refractivity contribution in [2.24, 2.45) is 0 Å². The van der Waals surface area contributed by atoms with Gasteiger partial charge in [0.1, 0.15) is 29.9 Å². The fourth-order valence-electron chi connectivity index (χ4n) is 1.82. The van der Waals surface area contributed by atoms with Crippen molar-refractivity contribution in [3.63, 3.8) is 0 Å². The summed E-state index contributed by atoms with van der Waals surface area (Å²) in [6.45, 7) is 0. The molecular formula is C15H18N2O4. The maximum absolute atomic E-state index is 11.7. The standard InChI is InChI=1S/C15H18N2O4/c1-17(2)15(18)8-14-16-12(9-21-14)11-7-10(19-3)5-6-13(11)20-4/h5-7,9H,8H2,1-4H3. The highest BCUT2D eigenvalue weighted by molar-refractivity contribution is 5.77. The Labute approximate surface area is 123 Å². The summed E-state index contributed by atoms with van der Waals surface area (Å²) in [5, 5.41) is 0.